The molecule has 0 fully saturated rings. The molecule has 0 saturated heterocycles. The lowest BCUT2D eigenvalue weighted by Gasteiger charge is -2.21. The van der Waals surface area contributed by atoms with Crippen molar-refractivity contribution in [1.29, 1.82) is 0 Å². The molecule has 6 aromatic carbocycles. The second-order valence-corrected chi connectivity index (χ2v) is 12.9. The van der Waals surface area contributed by atoms with E-state index in [2.05, 4.69) is 129 Å². The molecule has 41 heavy (non-hydrogen) atoms. The summed E-state index contributed by atoms with van der Waals surface area (Å²) in [6.45, 7) is 4.66. The van der Waals surface area contributed by atoms with Gasteiger partial charge in [-0.05, 0) is 79.4 Å². The fraction of sp³-hybridized carbons (Fsp3) is 0.0769. The van der Waals surface area contributed by atoms with E-state index in [0.717, 1.165) is 37.6 Å². The summed E-state index contributed by atoms with van der Waals surface area (Å²) in [4.78, 5) is 1.82. The van der Waals surface area contributed by atoms with Crippen LogP contribution in [0.1, 0.15) is 25.0 Å². The van der Waals surface area contributed by atoms with Crippen molar-refractivity contribution in [3.63, 3.8) is 0 Å². The van der Waals surface area contributed by atoms with E-state index >= 15 is 0 Å². The molecule has 1 aliphatic heterocycles. The highest BCUT2D eigenvalue weighted by Gasteiger charge is 2.36. The fourth-order valence-electron chi connectivity index (χ4n) is 6.86. The molecule has 0 bridgehead atoms. The van der Waals surface area contributed by atoms with E-state index in [1.54, 1.807) is 0 Å². The Morgan fingerprint density at radius 2 is 0.976 bits per heavy atom. The van der Waals surface area contributed by atoms with Crippen LogP contribution in [0.15, 0.2) is 143 Å². The Morgan fingerprint density at radius 3 is 1.76 bits per heavy atom. The molecule has 196 valence electrons. The van der Waals surface area contributed by atoms with Crippen LogP contribution >= 0.6 is 0 Å². The SMILES string of the molecule is CC1(C)c2ccccc2-c2c(-c3cccc(-c4cccc(-c5cccc6c5S(=O)c5ccccc5-6)c4)c3)cccc21. The topological polar surface area (TPSA) is 17.1 Å². The molecule has 2 aliphatic rings. The molecule has 1 atom stereocenters. The number of benzene rings is 6. The highest BCUT2D eigenvalue weighted by Crippen LogP contribution is 2.52. The van der Waals surface area contributed by atoms with Crippen LogP contribution in [0.3, 0.4) is 0 Å². The Morgan fingerprint density at radius 1 is 0.463 bits per heavy atom. The van der Waals surface area contributed by atoms with Crippen LogP contribution in [0, 0.1) is 0 Å². The molecule has 2 heteroatoms. The number of rotatable bonds is 3. The van der Waals surface area contributed by atoms with Crippen molar-refractivity contribution in [3.05, 3.63) is 145 Å². The summed E-state index contributed by atoms with van der Waals surface area (Å²) < 4.78 is 13.6. The second kappa shape index (κ2) is 8.99. The van der Waals surface area contributed by atoms with Gasteiger partial charge in [-0.15, -0.1) is 0 Å². The van der Waals surface area contributed by atoms with Crippen LogP contribution in [0.4, 0.5) is 0 Å². The van der Waals surface area contributed by atoms with Crippen molar-refractivity contribution in [2.45, 2.75) is 29.1 Å². The molecule has 0 aromatic heterocycles. The Hall–Kier alpha value is -4.53. The quantitative estimate of drug-likeness (QED) is 0.216. The average molecular weight is 545 g/mol. The van der Waals surface area contributed by atoms with Gasteiger partial charge < -0.3 is 0 Å². The highest BCUT2D eigenvalue weighted by molar-refractivity contribution is 7.86. The summed E-state index contributed by atoms with van der Waals surface area (Å²) in [7, 11) is -1.19. The molecule has 1 nitrogen and oxygen atoms in total. The molecule has 6 aromatic rings. The largest absolute Gasteiger partial charge is 0.249 e. The number of fused-ring (bicyclic) bond motifs is 6. The second-order valence-electron chi connectivity index (χ2n) is 11.5. The van der Waals surface area contributed by atoms with Crippen LogP contribution in [0.25, 0.3) is 55.6 Å². The molecule has 8 rings (SSSR count). The van der Waals surface area contributed by atoms with E-state index in [0.29, 0.717) is 0 Å². The molecule has 1 aliphatic carbocycles. The van der Waals surface area contributed by atoms with Gasteiger partial charge in [0, 0.05) is 11.0 Å². The van der Waals surface area contributed by atoms with Crippen molar-refractivity contribution in [3.8, 4) is 55.6 Å². The zero-order chi connectivity index (χ0) is 27.7. The van der Waals surface area contributed by atoms with Gasteiger partial charge in [-0.25, -0.2) is 4.21 Å². The summed E-state index contributed by atoms with van der Waals surface area (Å²) in [6, 6.07) is 47.4. The minimum atomic E-state index is -1.19. The van der Waals surface area contributed by atoms with Crippen molar-refractivity contribution < 1.29 is 4.21 Å². The summed E-state index contributed by atoms with van der Waals surface area (Å²) in [5, 5.41) is 0. The Balaban J connectivity index is 1.23. The predicted molar refractivity (Wildman–Crippen MR) is 170 cm³/mol. The maximum absolute atomic E-state index is 13.6. The van der Waals surface area contributed by atoms with Crippen molar-refractivity contribution in [2.24, 2.45) is 0 Å². The minimum Gasteiger partial charge on any atom is -0.249 e. The first-order chi connectivity index (χ1) is 20.0. The van der Waals surface area contributed by atoms with Gasteiger partial charge in [0.1, 0.15) is 0 Å². The first-order valence-corrected chi connectivity index (χ1v) is 15.3. The Bertz CT molecular complexity index is 2050. The van der Waals surface area contributed by atoms with Gasteiger partial charge >= 0.3 is 0 Å². The van der Waals surface area contributed by atoms with Crippen molar-refractivity contribution in [2.75, 3.05) is 0 Å². The average Bonchev–Trinajstić information content (AvgIpc) is 3.45. The third-order valence-corrected chi connectivity index (χ3v) is 10.4. The maximum Gasteiger partial charge on any atom is 0.0868 e. The smallest absolute Gasteiger partial charge is 0.0868 e. The molecule has 0 spiro atoms. The van der Waals surface area contributed by atoms with Gasteiger partial charge in [0.25, 0.3) is 0 Å². The molecular weight excluding hydrogens is 516 g/mol. The standard InChI is InChI=1S/C39H28OS/c1-39(2)34-20-5-3-16-33(34)37-29(17-10-21-35(37)39)27-13-7-11-25(23-27)26-12-8-14-28(24-26)30-18-9-19-32-31-15-4-6-22-36(31)41(40)38(30)32/h3-24H,1-2H3. The number of hydrogen-bond acceptors (Lipinski definition) is 1. The van der Waals surface area contributed by atoms with Crippen LogP contribution in [-0.4, -0.2) is 4.21 Å². The molecular formula is C39H28OS. The summed E-state index contributed by atoms with van der Waals surface area (Å²) >= 11 is 0. The van der Waals surface area contributed by atoms with E-state index in [-0.39, 0.29) is 5.41 Å². The summed E-state index contributed by atoms with van der Waals surface area (Å²) in [6.07, 6.45) is 0. The van der Waals surface area contributed by atoms with Crippen molar-refractivity contribution in [1.82, 2.24) is 0 Å². The zero-order valence-electron chi connectivity index (χ0n) is 23.0. The van der Waals surface area contributed by atoms with Crippen LogP contribution in [0.5, 0.6) is 0 Å². The molecule has 1 unspecified atom stereocenters. The van der Waals surface area contributed by atoms with Gasteiger partial charge in [0.05, 0.1) is 20.6 Å². The summed E-state index contributed by atoms with van der Waals surface area (Å²) in [5.74, 6) is 0. The van der Waals surface area contributed by atoms with E-state index in [9.17, 15) is 4.21 Å². The first-order valence-electron chi connectivity index (χ1n) is 14.1. The fourth-order valence-corrected chi connectivity index (χ4v) is 8.43. The van der Waals surface area contributed by atoms with E-state index < -0.39 is 10.8 Å². The van der Waals surface area contributed by atoms with E-state index in [4.69, 9.17) is 0 Å². The van der Waals surface area contributed by atoms with E-state index in [1.807, 2.05) is 18.2 Å². The molecule has 0 radical (unpaired) electrons. The Labute approximate surface area is 243 Å². The maximum atomic E-state index is 13.6. The third kappa shape index (κ3) is 3.57. The lowest BCUT2D eigenvalue weighted by molar-refractivity contribution is 0.660. The monoisotopic (exact) mass is 544 g/mol. The van der Waals surface area contributed by atoms with Gasteiger partial charge in [0.2, 0.25) is 0 Å². The zero-order valence-corrected chi connectivity index (χ0v) is 23.8. The lowest BCUT2D eigenvalue weighted by Crippen LogP contribution is -2.14. The van der Waals surface area contributed by atoms with Gasteiger partial charge in [-0.1, -0.05) is 129 Å². The van der Waals surface area contributed by atoms with Crippen LogP contribution in [-0.2, 0) is 16.2 Å². The number of hydrogen-bond donors (Lipinski definition) is 0. The van der Waals surface area contributed by atoms with Crippen molar-refractivity contribution >= 4 is 10.8 Å². The lowest BCUT2D eigenvalue weighted by atomic mass is 9.82. The van der Waals surface area contributed by atoms with Crippen LogP contribution in [0.2, 0.25) is 0 Å². The first kappa shape index (κ1) is 24.3. The van der Waals surface area contributed by atoms with Gasteiger partial charge in [-0.2, -0.15) is 0 Å². The minimum absolute atomic E-state index is 0.0242. The molecule has 1 heterocycles. The van der Waals surface area contributed by atoms with E-state index in [1.165, 1.54) is 38.9 Å². The Kier molecular flexibility index (Phi) is 5.32. The van der Waals surface area contributed by atoms with Gasteiger partial charge in [-0.3, -0.25) is 0 Å². The molecule has 0 saturated carbocycles. The highest BCUT2D eigenvalue weighted by atomic mass is 32.2. The normalized spacial score (nSPS) is 15.6. The predicted octanol–water partition coefficient (Wildman–Crippen LogP) is 10.1. The van der Waals surface area contributed by atoms with Gasteiger partial charge in [0.15, 0.2) is 0 Å². The third-order valence-electron chi connectivity index (χ3n) is 8.87. The van der Waals surface area contributed by atoms with Crippen LogP contribution < -0.4 is 0 Å². The molecule has 0 N–H and O–H groups in total. The summed E-state index contributed by atoms with van der Waals surface area (Å²) in [5.41, 5.74) is 14.5. The molecule has 0 amide bonds.